The van der Waals surface area contributed by atoms with E-state index >= 15 is 0 Å². The van der Waals surface area contributed by atoms with Gasteiger partial charge in [-0.2, -0.15) is 4.31 Å². The lowest BCUT2D eigenvalue weighted by atomic mass is 10.1. The third kappa shape index (κ3) is 2.78. The lowest BCUT2D eigenvalue weighted by Gasteiger charge is -2.24. The number of rotatable bonds is 2. The van der Waals surface area contributed by atoms with Gasteiger partial charge in [0, 0.05) is 17.6 Å². The van der Waals surface area contributed by atoms with Crippen molar-refractivity contribution >= 4 is 26.0 Å². The van der Waals surface area contributed by atoms with Crippen LogP contribution in [0.5, 0.6) is 0 Å². The van der Waals surface area contributed by atoms with Gasteiger partial charge in [0.2, 0.25) is 10.0 Å². The molecule has 1 aromatic rings. The molecular formula is C12H14BrNO2S. The van der Waals surface area contributed by atoms with Gasteiger partial charge in [0.05, 0.1) is 4.90 Å². The normalized spacial score (nSPS) is 17.9. The van der Waals surface area contributed by atoms with Crippen LogP contribution < -0.4 is 0 Å². The van der Waals surface area contributed by atoms with Gasteiger partial charge in [-0.05, 0) is 31.5 Å². The summed E-state index contributed by atoms with van der Waals surface area (Å²) in [5, 5.41) is 0. The minimum absolute atomic E-state index is 0.347. The van der Waals surface area contributed by atoms with Crippen LogP contribution in [0, 0.1) is 0 Å². The summed E-state index contributed by atoms with van der Waals surface area (Å²) in [6.45, 7) is 3.07. The Hall–Kier alpha value is -0.650. The number of benzene rings is 1. The first-order valence-corrected chi connectivity index (χ1v) is 7.65. The highest BCUT2D eigenvalue weighted by Crippen LogP contribution is 2.22. The fourth-order valence-corrected chi connectivity index (χ4v) is 3.72. The van der Waals surface area contributed by atoms with E-state index in [9.17, 15) is 8.42 Å². The highest BCUT2D eigenvalue weighted by Gasteiger charge is 2.25. The molecule has 1 aromatic carbocycles. The molecule has 0 unspecified atom stereocenters. The summed E-state index contributed by atoms with van der Waals surface area (Å²) < 4.78 is 26.9. The summed E-state index contributed by atoms with van der Waals surface area (Å²) in [4.78, 5) is 0.347. The zero-order valence-electron chi connectivity index (χ0n) is 9.56. The van der Waals surface area contributed by atoms with Crippen LogP contribution in [0.3, 0.4) is 0 Å². The number of halogens is 1. The number of nitrogens with zero attached hydrogens (tertiary/aromatic N) is 1. The maximum Gasteiger partial charge on any atom is 0.243 e. The molecular weight excluding hydrogens is 302 g/mol. The lowest BCUT2D eigenvalue weighted by Crippen LogP contribution is -2.34. The molecule has 0 amide bonds. The van der Waals surface area contributed by atoms with E-state index in [-0.39, 0.29) is 0 Å². The van der Waals surface area contributed by atoms with Crippen molar-refractivity contribution in [1.82, 2.24) is 4.31 Å². The first-order chi connectivity index (χ1) is 8.00. The standard InChI is InChI=1S/C12H14BrNO2S/c1-10-5-7-14(8-6-10)17(15,16)12-4-2-3-11(13)9-12/h2-5,9H,6-8H2,1H3. The van der Waals surface area contributed by atoms with E-state index < -0.39 is 10.0 Å². The molecule has 0 radical (unpaired) electrons. The molecule has 0 saturated heterocycles. The van der Waals surface area contributed by atoms with Crippen LogP contribution in [0.4, 0.5) is 0 Å². The van der Waals surface area contributed by atoms with Crippen molar-refractivity contribution < 1.29 is 8.42 Å². The molecule has 0 spiro atoms. The number of sulfonamides is 1. The van der Waals surface area contributed by atoms with Crippen molar-refractivity contribution in [2.45, 2.75) is 18.2 Å². The van der Waals surface area contributed by atoms with E-state index in [1.54, 1.807) is 18.2 Å². The highest BCUT2D eigenvalue weighted by molar-refractivity contribution is 9.10. The Labute approximate surface area is 110 Å². The summed E-state index contributed by atoms with van der Waals surface area (Å²) in [5.41, 5.74) is 1.26. The van der Waals surface area contributed by atoms with E-state index in [0.717, 1.165) is 10.9 Å². The quantitative estimate of drug-likeness (QED) is 0.787. The predicted molar refractivity (Wildman–Crippen MR) is 71.3 cm³/mol. The number of hydrogen-bond donors (Lipinski definition) is 0. The van der Waals surface area contributed by atoms with Gasteiger partial charge in [-0.15, -0.1) is 0 Å². The summed E-state index contributed by atoms with van der Waals surface area (Å²) in [6, 6.07) is 6.83. The molecule has 1 aliphatic heterocycles. The smallest absolute Gasteiger partial charge is 0.207 e. The Morgan fingerprint density at radius 2 is 2.12 bits per heavy atom. The van der Waals surface area contributed by atoms with Crippen LogP contribution in [0.1, 0.15) is 13.3 Å². The zero-order chi connectivity index (χ0) is 12.5. The van der Waals surface area contributed by atoms with E-state index in [1.807, 2.05) is 19.1 Å². The largest absolute Gasteiger partial charge is 0.243 e. The van der Waals surface area contributed by atoms with Gasteiger partial charge < -0.3 is 0 Å². The third-order valence-corrected chi connectivity index (χ3v) is 5.19. The third-order valence-electron chi connectivity index (χ3n) is 2.83. The molecule has 1 aliphatic rings. The van der Waals surface area contributed by atoms with Crippen LogP contribution in [-0.4, -0.2) is 25.8 Å². The fourth-order valence-electron chi connectivity index (χ4n) is 1.75. The fraction of sp³-hybridized carbons (Fsp3) is 0.333. The average molecular weight is 316 g/mol. The molecule has 3 nitrogen and oxygen atoms in total. The van der Waals surface area contributed by atoms with Gasteiger partial charge in [-0.25, -0.2) is 8.42 Å². The van der Waals surface area contributed by atoms with Gasteiger partial charge in [-0.1, -0.05) is 33.6 Å². The van der Waals surface area contributed by atoms with Crippen molar-refractivity contribution in [2.24, 2.45) is 0 Å². The summed E-state index contributed by atoms with van der Waals surface area (Å²) >= 11 is 3.29. The molecule has 0 fully saturated rings. The second-order valence-corrected chi connectivity index (χ2v) is 6.97. The van der Waals surface area contributed by atoms with Crippen LogP contribution >= 0.6 is 15.9 Å². The van der Waals surface area contributed by atoms with Gasteiger partial charge in [0.15, 0.2) is 0 Å². The molecule has 0 atom stereocenters. The maximum absolute atomic E-state index is 12.3. The Kier molecular flexibility index (Phi) is 3.70. The van der Waals surface area contributed by atoms with Crippen LogP contribution in [-0.2, 0) is 10.0 Å². The molecule has 0 aromatic heterocycles. The van der Waals surface area contributed by atoms with E-state index in [0.29, 0.717) is 18.0 Å². The molecule has 17 heavy (non-hydrogen) atoms. The van der Waals surface area contributed by atoms with Crippen LogP contribution in [0.2, 0.25) is 0 Å². The van der Waals surface area contributed by atoms with Gasteiger partial charge in [-0.3, -0.25) is 0 Å². The molecule has 0 aliphatic carbocycles. The molecule has 0 bridgehead atoms. The van der Waals surface area contributed by atoms with Crippen molar-refractivity contribution in [1.29, 1.82) is 0 Å². The van der Waals surface area contributed by atoms with Gasteiger partial charge in [0.25, 0.3) is 0 Å². The van der Waals surface area contributed by atoms with Crippen molar-refractivity contribution in [3.63, 3.8) is 0 Å². The minimum atomic E-state index is -3.35. The summed E-state index contributed by atoms with van der Waals surface area (Å²) in [7, 11) is -3.35. The first kappa shape index (κ1) is 12.8. The maximum atomic E-state index is 12.3. The predicted octanol–water partition coefficient (Wildman–Crippen LogP) is 2.79. The van der Waals surface area contributed by atoms with Gasteiger partial charge in [0.1, 0.15) is 0 Å². The Bertz CT molecular complexity index is 551. The summed E-state index contributed by atoms with van der Waals surface area (Å²) in [5.74, 6) is 0. The molecule has 0 N–H and O–H groups in total. The Balaban J connectivity index is 2.31. The minimum Gasteiger partial charge on any atom is -0.207 e. The second-order valence-electron chi connectivity index (χ2n) is 4.12. The average Bonchev–Trinajstić information content (AvgIpc) is 2.29. The van der Waals surface area contributed by atoms with Crippen LogP contribution in [0.15, 0.2) is 45.3 Å². The molecule has 5 heteroatoms. The topological polar surface area (TPSA) is 37.4 Å². The lowest BCUT2D eigenvalue weighted by molar-refractivity contribution is 0.431. The van der Waals surface area contributed by atoms with Crippen molar-refractivity contribution in [2.75, 3.05) is 13.1 Å². The zero-order valence-corrected chi connectivity index (χ0v) is 12.0. The highest BCUT2D eigenvalue weighted by atomic mass is 79.9. The molecule has 1 heterocycles. The van der Waals surface area contributed by atoms with Crippen molar-refractivity contribution in [3.05, 3.63) is 40.4 Å². The van der Waals surface area contributed by atoms with Gasteiger partial charge >= 0.3 is 0 Å². The van der Waals surface area contributed by atoms with E-state index in [4.69, 9.17) is 0 Å². The SMILES string of the molecule is CC1=CCN(S(=O)(=O)c2cccc(Br)c2)CC1. The monoisotopic (exact) mass is 315 g/mol. The Morgan fingerprint density at radius 1 is 1.35 bits per heavy atom. The molecule has 0 saturated carbocycles. The second kappa shape index (κ2) is 4.92. The first-order valence-electron chi connectivity index (χ1n) is 5.41. The van der Waals surface area contributed by atoms with E-state index in [2.05, 4.69) is 15.9 Å². The number of hydrogen-bond acceptors (Lipinski definition) is 2. The van der Waals surface area contributed by atoms with E-state index in [1.165, 1.54) is 9.88 Å². The summed E-state index contributed by atoms with van der Waals surface area (Å²) in [6.07, 6.45) is 2.78. The molecule has 92 valence electrons. The van der Waals surface area contributed by atoms with Crippen molar-refractivity contribution in [3.8, 4) is 0 Å². The Morgan fingerprint density at radius 3 is 2.71 bits per heavy atom. The molecule has 2 rings (SSSR count). The van der Waals surface area contributed by atoms with Crippen LogP contribution in [0.25, 0.3) is 0 Å².